The van der Waals surface area contributed by atoms with Gasteiger partial charge in [0.1, 0.15) is 6.29 Å². The molecular formula is C12H14INO. The van der Waals surface area contributed by atoms with E-state index in [9.17, 15) is 4.79 Å². The molecule has 0 spiro atoms. The molecule has 1 heterocycles. The second kappa shape index (κ2) is 4.12. The summed E-state index contributed by atoms with van der Waals surface area (Å²) >= 11 is 2.35. The summed E-state index contributed by atoms with van der Waals surface area (Å²) in [4.78, 5) is 13.0. The Kier molecular flexibility index (Phi) is 3.00. The van der Waals surface area contributed by atoms with Crippen LogP contribution in [0.5, 0.6) is 0 Å². The number of benzene rings is 1. The summed E-state index contributed by atoms with van der Waals surface area (Å²) in [5, 5.41) is 0. The Morgan fingerprint density at radius 3 is 2.93 bits per heavy atom. The molecule has 0 fully saturated rings. The van der Waals surface area contributed by atoms with Gasteiger partial charge in [0.15, 0.2) is 0 Å². The first-order valence-electron chi connectivity index (χ1n) is 5.10. The van der Waals surface area contributed by atoms with E-state index < -0.39 is 0 Å². The number of nitrogens with zero attached hydrogens (tertiary/aromatic N) is 1. The van der Waals surface area contributed by atoms with Crippen LogP contribution in [0, 0.1) is 10.5 Å². The summed E-state index contributed by atoms with van der Waals surface area (Å²) < 4.78 is 1.28. The van der Waals surface area contributed by atoms with Gasteiger partial charge in [0, 0.05) is 16.3 Å². The molecule has 0 saturated heterocycles. The Labute approximate surface area is 104 Å². The number of hydrogen-bond donors (Lipinski definition) is 0. The molecule has 0 N–H and O–H groups in total. The van der Waals surface area contributed by atoms with Crippen molar-refractivity contribution in [3.05, 3.63) is 26.8 Å². The molecule has 1 unspecified atom stereocenters. The molecule has 0 amide bonds. The third kappa shape index (κ3) is 1.89. The quantitative estimate of drug-likeness (QED) is 0.586. The fourth-order valence-corrected chi connectivity index (χ4v) is 3.17. The second-order valence-electron chi connectivity index (χ2n) is 4.08. The maximum atomic E-state index is 10.9. The van der Waals surface area contributed by atoms with Gasteiger partial charge >= 0.3 is 0 Å². The molecular weight excluding hydrogens is 301 g/mol. The monoisotopic (exact) mass is 315 g/mol. The van der Waals surface area contributed by atoms with E-state index in [2.05, 4.69) is 46.5 Å². The summed E-state index contributed by atoms with van der Waals surface area (Å²) in [6, 6.07) is 4.44. The first-order chi connectivity index (χ1) is 7.13. The molecule has 3 heteroatoms. The minimum Gasteiger partial charge on any atom is -0.364 e. The van der Waals surface area contributed by atoms with E-state index in [0.717, 1.165) is 19.1 Å². The lowest BCUT2D eigenvalue weighted by Crippen LogP contribution is -2.37. The largest absolute Gasteiger partial charge is 0.364 e. The van der Waals surface area contributed by atoms with Crippen molar-refractivity contribution >= 4 is 34.6 Å². The maximum Gasteiger partial charge on any atom is 0.142 e. The third-order valence-electron chi connectivity index (χ3n) is 3.06. The second-order valence-corrected chi connectivity index (χ2v) is 5.33. The molecule has 80 valence electrons. The van der Waals surface area contributed by atoms with Gasteiger partial charge in [-0.2, -0.15) is 0 Å². The zero-order valence-corrected chi connectivity index (χ0v) is 11.1. The van der Waals surface area contributed by atoms with E-state index in [1.165, 1.54) is 20.4 Å². The number of aryl methyl sites for hydroxylation is 2. The van der Waals surface area contributed by atoms with Crippen LogP contribution < -0.4 is 4.90 Å². The Balaban J connectivity index is 2.51. The van der Waals surface area contributed by atoms with E-state index in [1.807, 2.05) is 7.05 Å². The lowest BCUT2D eigenvalue weighted by molar-refractivity contribution is -0.109. The standard InChI is InChI=1S/C12H14INO/c1-8-5-10(13)6-9-3-4-11(7-15)14(2)12(8)9/h5-7,11H,3-4H2,1-2H3. The number of carbonyl (C=O) groups is 1. The molecule has 1 atom stereocenters. The average molecular weight is 315 g/mol. The summed E-state index contributed by atoms with van der Waals surface area (Å²) in [7, 11) is 2.01. The van der Waals surface area contributed by atoms with Crippen molar-refractivity contribution in [3.63, 3.8) is 0 Å². The van der Waals surface area contributed by atoms with Crippen LogP contribution >= 0.6 is 22.6 Å². The van der Waals surface area contributed by atoms with E-state index in [1.54, 1.807) is 0 Å². The van der Waals surface area contributed by atoms with E-state index >= 15 is 0 Å². The summed E-state index contributed by atoms with van der Waals surface area (Å²) in [6.07, 6.45) is 3.01. The van der Waals surface area contributed by atoms with Crippen molar-refractivity contribution in [2.24, 2.45) is 0 Å². The Hall–Kier alpha value is -0.580. The van der Waals surface area contributed by atoms with Gasteiger partial charge < -0.3 is 9.69 Å². The molecule has 1 aromatic rings. The van der Waals surface area contributed by atoms with E-state index in [-0.39, 0.29) is 6.04 Å². The molecule has 1 aliphatic rings. The lowest BCUT2D eigenvalue weighted by Gasteiger charge is -2.34. The smallest absolute Gasteiger partial charge is 0.142 e. The van der Waals surface area contributed by atoms with Crippen molar-refractivity contribution in [3.8, 4) is 0 Å². The molecule has 2 rings (SSSR count). The third-order valence-corrected chi connectivity index (χ3v) is 3.68. The van der Waals surface area contributed by atoms with Crippen molar-refractivity contribution in [1.82, 2.24) is 0 Å². The number of rotatable bonds is 1. The number of likely N-dealkylation sites (N-methyl/N-ethyl adjacent to an activating group) is 1. The molecule has 2 nitrogen and oxygen atoms in total. The number of halogens is 1. The highest BCUT2D eigenvalue weighted by Gasteiger charge is 2.24. The van der Waals surface area contributed by atoms with Crippen molar-refractivity contribution in [2.75, 3.05) is 11.9 Å². The van der Waals surface area contributed by atoms with Crippen LogP contribution in [0.3, 0.4) is 0 Å². The SMILES string of the molecule is Cc1cc(I)cc2c1N(C)C(C=O)CC2. The molecule has 1 aromatic carbocycles. The highest BCUT2D eigenvalue weighted by molar-refractivity contribution is 14.1. The summed E-state index contributed by atoms with van der Waals surface area (Å²) in [5.74, 6) is 0. The number of aldehydes is 1. The molecule has 0 aliphatic carbocycles. The molecule has 0 saturated carbocycles. The van der Waals surface area contributed by atoms with Crippen molar-refractivity contribution in [2.45, 2.75) is 25.8 Å². The zero-order valence-electron chi connectivity index (χ0n) is 8.96. The van der Waals surface area contributed by atoms with Gasteiger partial charge in [0.05, 0.1) is 6.04 Å². The Morgan fingerprint density at radius 1 is 1.53 bits per heavy atom. The van der Waals surface area contributed by atoms with Gasteiger partial charge in [-0.05, 0) is 65.6 Å². The van der Waals surface area contributed by atoms with Crippen LogP contribution in [0.4, 0.5) is 5.69 Å². The predicted molar refractivity (Wildman–Crippen MR) is 70.5 cm³/mol. The fourth-order valence-electron chi connectivity index (χ4n) is 2.32. The maximum absolute atomic E-state index is 10.9. The minimum atomic E-state index is 0.0521. The molecule has 15 heavy (non-hydrogen) atoms. The van der Waals surface area contributed by atoms with E-state index in [4.69, 9.17) is 0 Å². The number of carbonyl (C=O) groups excluding carboxylic acids is 1. The molecule has 0 aromatic heterocycles. The van der Waals surface area contributed by atoms with Crippen LogP contribution in [-0.2, 0) is 11.2 Å². The average Bonchev–Trinajstić information content (AvgIpc) is 2.17. The summed E-state index contributed by atoms with van der Waals surface area (Å²) in [6.45, 7) is 2.12. The Bertz CT molecular complexity index is 403. The highest BCUT2D eigenvalue weighted by atomic mass is 127. The molecule has 0 radical (unpaired) electrons. The van der Waals surface area contributed by atoms with Gasteiger partial charge in [-0.15, -0.1) is 0 Å². The topological polar surface area (TPSA) is 20.3 Å². The lowest BCUT2D eigenvalue weighted by atomic mass is 9.94. The van der Waals surface area contributed by atoms with Gasteiger partial charge in [0.2, 0.25) is 0 Å². The van der Waals surface area contributed by atoms with Crippen molar-refractivity contribution < 1.29 is 4.79 Å². The minimum absolute atomic E-state index is 0.0521. The van der Waals surface area contributed by atoms with Gasteiger partial charge in [-0.3, -0.25) is 0 Å². The van der Waals surface area contributed by atoms with Crippen LogP contribution in [-0.4, -0.2) is 19.4 Å². The van der Waals surface area contributed by atoms with Gasteiger partial charge in [0.25, 0.3) is 0 Å². The van der Waals surface area contributed by atoms with Gasteiger partial charge in [-0.1, -0.05) is 0 Å². The van der Waals surface area contributed by atoms with Crippen LogP contribution in [0.25, 0.3) is 0 Å². The summed E-state index contributed by atoms with van der Waals surface area (Å²) in [5.41, 5.74) is 3.89. The first-order valence-corrected chi connectivity index (χ1v) is 6.18. The van der Waals surface area contributed by atoms with E-state index in [0.29, 0.717) is 0 Å². The number of hydrogen-bond acceptors (Lipinski definition) is 2. The van der Waals surface area contributed by atoms with Crippen molar-refractivity contribution in [1.29, 1.82) is 0 Å². The van der Waals surface area contributed by atoms with Crippen LogP contribution in [0.15, 0.2) is 12.1 Å². The van der Waals surface area contributed by atoms with Crippen LogP contribution in [0.1, 0.15) is 17.5 Å². The van der Waals surface area contributed by atoms with Gasteiger partial charge in [-0.25, -0.2) is 0 Å². The fraction of sp³-hybridized carbons (Fsp3) is 0.417. The Morgan fingerprint density at radius 2 is 2.27 bits per heavy atom. The number of anilines is 1. The predicted octanol–water partition coefficient (Wildman–Crippen LogP) is 2.55. The number of fused-ring (bicyclic) bond motifs is 1. The highest BCUT2D eigenvalue weighted by Crippen LogP contribution is 2.33. The van der Waals surface area contributed by atoms with Crippen LogP contribution in [0.2, 0.25) is 0 Å². The molecule has 0 bridgehead atoms. The zero-order chi connectivity index (χ0) is 11.0. The first kappa shape index (κ1) is 10.9. The molecule has 1 aliphatic heterocycles. The normalized spacial score (nSPS) is 19.9.